The Morgan fingerprint density at radius 2 is 2.06 bits per heavy atom. The van der Waals surface area contributed by atoms with Crippen molar-refractivity contribution < 1.29 is 0 Å². The number of rotatable bonds is 7. The topological polar surface area (TPSA) is 38.0 Å². The van der Waals surface area contributed by atoms with Crippen LogP contribution in [0.15, 0.2) is 0 Å². The monoisotopic (exact) mass is 236 g/mol. The molecule has 0 aliphatic heterocycles. The van der Waals surface area contributed by atoms with Gasteiger partial charge in [-0.1, -0.05) is 39.0 Å². The van der Waals surface area contributed by atoms with Gasteiger partial charge in [0.2, 0.25) is 0 Å². The van der Waals surface area contributed by atoms with Gasteiger partial charge in [0.05, 0.1) is 0 Å². The number of hydrazine groups is 1. The Balaban J connectivity index is 2.26. The summed E-state index contributed by atoms with van der Waals surface area (Å²) >= 11 is 0. The minimum Gasteiger partial charge on any atom is -0.271 e. The van der Waals surface area contributed by atoms with E-state index >= 15 is 0 Å². The van der Waals surface area contributed by atoms with Gasteiger partial charge in [-0.25, -0.2) is 0 Å². The summed E-state index contributed by atoms with van der Waals surface area (Å²) < 4.78 is 0. The third-order valence-electron chi connectivity index (χ3n) is 4.24. The van der Waals surface area contributed by atoms with Crippen LogP contribution in [0.5, 0.6) is 0 Å². The lowest BCUT2D eigenvalue weighted by Crippen LogP contribution is -2.42. The van der Waals surface area contributed by atoms with Gasteiger partial charge in [-0.2, -0.15) is 0 Å². The van der Waals surface area contributed by atoms with Crippen molar-refractivity contribution >= 4 is 0 Å². The fraction of sp³-hybridized carbons (Fsp3) is 0.867. The Morgan fingerprint density at radius 3 is 2.59 bits per heavy atom. The number of terminal acetylenes is 1. The molecule has 1 aliphatic rings. The van der Waals surface area contributed by atoms with Gasteiger partial charge in [0.1, 0.15) is 0 Å². The van der Waals surface area contributed by atoms with Crippen molar-refractivity contribution in [3.05, 3.63) is 0 Å². The number of nitrogens with two attached hydrogens (primary N) is 1. The van der Waals surface area contributed by atoms with Crippen LogP contribution in [0.3, 0.4) is 0 Å². The molecule has 0 saturated heterocycles. The van der Waals surface area contributed by atoms with Crippen LogP contribution in [0, 0.1) is 24.2 Å². The van der Waals surface area contributed by atoms with Crippen molar-refractivity contribution in [1.29, 1.82) is 0 Å². The van der Waals surface area contributed by atoms with E-state index in [1.165, 1.54) is 44.9 Å². The van der Waals surface area contributed by atoms with Crippen molar-refractivity contribution in [3.63, 3.8) is 0 Å². The summed E-state index contributed by atoms with van der Waals surface area (Å²) in [7, 11) is 0. The van der Waals surface area contributed by atoms with Crippen molar-refractivity contribution in [1.82, 2.24) is 5.43 Å². The normalized spacial score (nSPS) is 26.4. The standard InChI is InChI=1S/C15H28N2/c1-3-5-7-13-9-11-14(12-10-13)15(17-16)8-6-4-2/h2,13-15,17H,3,5-12,16H2,1H3. The fourth-order valence-electron chi connectivity index (χ4n) is 3.07. The van der Waals surface area contributed by atoms with Gasteiger partial charge in [-0.3, -0.25) is 11.3 Å². The highest BCUT2D eigenvalue weighted by molar-refractivity contribution is 4.88. The van der Waals surface area contributed by atoms with Crippen molar-refractivity contribution in [2.45, 2.75) is 70.8 Å². The predicted octanol–water partition coefficient (Wildman–Crippen LogP) is 3.23. The van der Waals surface area contributed by atoms with Gasteiger partial charge in [0.25, 0.3) is 0 Å². The molecule has 1 rings (SSSR count). The zero-order chi connectivity index (χ0) is 12.5. The molecule has 0 radical (unpaired) electrons. The van der Waals surface area contributed by atoms with Crippen LogP contribution in [-0.2, 0) is 0 Å². The van der Waals surface area contributed by atoms with Gasteiger partial charge >= 0.3 is 0 Å². The maximum absolute atomic E-state index is 5.64. The molecule has 0 amide bonds. The van der Waals surface area contributed by atoms with Crippen molar-refractivity contribution in [2.75, 3.05) is 0 Å². The first kappa shape index (κ1) is 14.5. The van der Waals surface area contributed by atoms with E-state index in [0.29, 0.717) is 6.04 Å². The van der Waals surface area contributed by atoms with E-state index in [1.54, 1.807) is 0 Å². The Hall–Kier alpha value is -0.520. The third-order valence-corrected chi connectivity index (χ3v) is 4.24. The quantitative estimate of drug-likeness (QED) is 0.404. The van der Waals surface area contributed by atoms with Crippen LogP contribution in [-0.4, -0.2) is 6.04 Å². The summed E-state index contributed by atoms with van der Waals surface area (Å²) in [6.45, 7) is 2.28. The molecule has 0 aromatic carbocycles. The molecule has 1 atom stereocenters. The second-order valence-corrected chi connectivity index (χ2v) is 5.44. The molecule has 1 fully saturated rings. The molecule has 98 valence electrons. The molecule has 0 aromatic heterocycles. The Kier molecular flexibility index (Phi) is 7.32. The molecule has 0 heterocycles. The average Bonchev–Trinajstić information content (AvgIpc) is 2.38. The zero-order valence-electron chi connectivity index (χ0n) is 11.3. The van der Waals surface area contributed by atoms with Gasteiger partial charge in [-0.05, 0) is 31.1 Å². The van der Waals surface area contributed by atoms with Crippen LogP contribution >= 0.6 is 0 Å². The van der Waals surface area contributed by atoms with E-state index in [-0.39, 0.29) is 0 Å². The summed E-state index contributed by atoms with van der Waals surface area (Å²) in [5.41, 5.74) is 2.97. The first-order chi connectivity index (χ1) is 8.31. The van der Waals surface area contributed by atoms with Crippen molar-refractivity contribution in [2.24, 2.45) is 17.7 Å². The third kappa shape index (κ3) is 5.10. The van der Waals surface area contributed by atoms with E-state index in [0.717, 1.165) is 24.7 Å². The van der Waals surface area contributed by atoms with Crippen LogP contribution in [0.4, 0.5) is 0 Å². The van der Waals surface area contributed by atoms with Gasteiger partial charge in [0, 0.05) is 12.5 Å². The van der Waals surface area contributed by atoms with E-state index in [1.807, 2.05) is 0 Å². The maximum Gasteiger partial charge on any atom is 0.0247 e. The van der Waals surface area contributed by atoms with Crippen LogP contribution in [0.1, 0.15) is 64.7 Å². The highest BCUT2D eigenvalue weighted by atomic mass is 15.2. The lowest BCUT2D eigenvalue weighted by molar-refractivity contribution is 0.207. The SMILES string of the molecule is C#CCCC(NN)C1CCC(CCCC)CC1. The number of unbranched alkanes of at least 4 members (excludes halogenated alkanes) is 1. The van der Waals surface area contributed by atoms with Gasteiger partial charge in [0.15, 0.2) is 0 Å². The Morgan fingerprint density at radius 1 is 1.35 bits per heavy atom. The first-order valence-corrected chi connectivity index (χ1v) is 7.21. The molecule has 1 aliphatic carbocycles. The summed E-state index contributed by atoms with van der Waals surface area (Å²) in [6.07, 6.45) is 16.8. The van der Waals surface area contributed by atoms with Crippen LogP contribution < -0.4 is 11.3 Å². The van der Waals surface area contributed by atoms with E-state index in [9.17, 15) is 0 Å². The summed E-state index contributed by atoms with van der Waals surface area (Å²) in [4.78, 5) is 0. The Bertz CT molecular complexity index is 224. The maximum atomic E-state index is 5.64. The molecule has 17 heavy (non-hydrogen) atoms. The molecule has 1 saturated carbocycles. The second-order valence-electron chi connectivity index (χ2n) is 5.44. The highest BCUT2D eigenvalue weighted by Gasteiger charge is 2.26. The number of nitrogens with one attached hydrogen (secondary N) is 1. The zero-order valence-corrected chi connectivity index (χ0v) is 11.3. The molecule has 2 nitrogen and oxygen atoms in total. The van der Waals surface area contributed by atoms with Crippen LogP contribution in [0.25, 0.3) is 0 Å². The van der Waals surface area contributed by atoms with Gasteiger partial charge < -0.3 is 0 Å². The molecule has 0 bridgehead atoms. The molecule has 0 spiro atoms. The number of hydrogen-bond acceptors (Lipinski definition) is 2. The minimum absolute atomic E-state index is 0.429. The largest absolute Gasteiger partial charge is 0.271 e. The summed E-state index contributed by atoms with van der Waals surface area (Å²) in [5.74, 6) is 10.1. The van der Waals surface area contributed by atoms with E-state index in [4.69, 9.17) is 12.3 Å². The summed E-state index contributed by atoms with van der Waals surface area (Å²) in [5, 5.41) is 0. The molecule has 1 unspecified atom stereocenters. The summed E-state index contributed by atoms with van der Waals surface area (Å²) in [6, 6.07) is 0.429. The van der Waals surface area contributed by atoms with Crippen LogP contribution in [0.2, 0.25) is 0 Å². The van der Waals surface area contributed by atoms with Crippen molar-refractivity contribution in [3.8, 4) is 12.3 Å². The first-order valence-electron chi connectivity index (χ1n) is 7.21. The lowest BCUT2D eigenvalue weighted by Gasteiger charge is -2.33. The molecule has 0 aromatic rings. The molecule has 3 N–H and O–H groups in total. The lowest BCUT2D eigenvalue weighted by atomic mass is 9.76. The molecule has 2 heteroatoms. The Labute approximate surface area is 107 Å². The smallest absolute Gasteiger partial charge is 0.0247 e. The van der Waals surface area contributed by atoms with Gasteiger partial charge in [-0.15, -0.1) is 12.3 Å². The van der Waals surface area contributed by atoms with E-state index in [2.05, 4.69) is 18.3 Å². The fourth-order valence-corrected chi connectivity index (χ4v) is 3.07. The average molecular weight is 236 g/mol. The second kappa shape index (κ2) is 8.55. The van der Waals surface area contributed by atoms with E-state index < -0.39 is 0 Å². The number of hydrogen-bond donors (Lipinski definition) is 2. The highest BCUT2D eigenvalue weighted by Crippen LogP contribution is 2.34. The molecular weight excluding hydrogens is 208 g/mol. The molecular formula is C15H28N2. The minimum atomic E-state index is 0.429. The predicted molar refractivity (Wildman–Crippen MR) is 74.2 cm³/mol.